The van der Waals surface area contributed by atoms with E-state index in [2.05, 4.69) is 16.0 Å². The normalized spacial score (nSPS) is 28.1. The standard InChI is InChI=1S/C22H35N3O9/c1-7-33-19(30)22(9-13(26)16-12(17(16)22)8-15(28)32-6)25-18(29)11(2)24-14(27)10-23-20(31)34-21(3,4)5/h11-13,16-17,26H,7-10H2,1-6H3,(H,23,31)(H,24,27)(H,25,29)/t11-,12-,13-,16+,17+,22-/m0/s1. The Bertz CT molecular complexity index is 825. The summed E-state index contributed by atoms with van der Waals surface area (Å²) in [5.41, 5.74) is -2.25. The lowest BCUT2D eigenvalue weighted by molar-refractivity contribution is -0.156. The van der Waals surface area contributed by atoms with Gasteiger partial charge in [-0.05, 0) is 46.5 Å². The number of alkyl carbamates (subject to hydrolysis) is 1. The molecule has 0 unspecified atom stereocenters. The molecule has 0 heterocycles. The lowest BCUT2D eigenvalue weighted by atomic mass is 9.88. The van der Waals surface area contributed by atoms with Crippen LogP contribution in [0.2, 0.25) is 0 Å². The van der Waals surface area contributed by atoms with Gasteiger partial charge in [0, 0.05) is 18.8 Å². The molecule has 0 saturated heterocycles. The molecule has 2 rings (SSSR count). The van der Waals surface area contributed by atoms with Crippen molar-refractivity contribution in [2.45, 2.75) is 70.7 Å². The SMILES string of the molecule is CCOC(=O)[C@]1(NC(=O)[C@H](C)NC(=O)CNC(=O)OC(C)(C)C)C[C@H](O)[C@H]2[C@H](CC(=O)OC)[C@H]21. The Labute approximate surface area is 198 Å². The second-order valence-corrected chi connectivity index (χ2v) is 9.64. The molecule has 0 aromatic rings. The summed E-state index contributed by atoms with van der Waals surface area (Å²) in [5, 5.41) is 17.9. The number of rotatable bonds is 9. The van der Waals surface area contributed by atoms with Crippen LogP contribution in [0.3, 0.4) is 0 Å². The van der Waals surface area contributed by atoms with Crippen molar-refractivity contribution in [2.24, 2.45) is 17.8 Å². The highest BCUT2D eigenvalue weighted by Crippen LogP contribution is 2.64. The van der Waals surface area contributed by atoms with Crippen LogP contribution >= 0.6 is 0 Å². The van der Waals surface area contributed by atoms with Crippen LogP contribution in [0.5, 0.6) is 0 Å². The van der Waals surface area contributed by atoms with Crippen LogP contribution in [-0.4, -0.2) is 78.5 Å². The van der Waals surface area contributed by atoms with Crippen molar-refractivity contribution in [1.82, 2.24) is 16.0 Å². The monoisotopic (exact) mass is 485 g/mol. The molecule has 192 valence electrons. The van der Waals surface area contributed by atoms with Crippen molar-refractivity contribution < 1.29 is 43.3 Å². The third-order valence-electron chi connectivity index (χ3n) is 5.95. The number of ether oxygens (including phenoxy) is 3. The number of carbonyl (C=O) groups is 5. The van der Waals surface area contributed by atoms with Gasteiger partial charge >= 0.3 is 18.0 Å². The summed E-state index contributed by atoms with van der Waals surface area (Å²) in [4.78, 5) is 61.4. The molecule has 4 N–H and O–H groups in total. The Hall–Kier alpha value is -2.89. The summed E-state index contributed by atoms with van der Waals surface area (Å²) in [5.74, 6) is -3.69. The Balaban J connectivity index is 2.03. The number of hydrogen-bond acceptors (Lipinski definition) is 9. The van der Waals surface area contributed by atoms with E-state index in [9.17, 15) is 29.1 Å². The van der Waals surface area contributed by atoms with E-state index in [-0.39, 0.29) is 31.3 Å². The van der Waals surface area contributed by atoms with Crippen LogP contribution in [0.4, 0.5) is 4.79 Å². The van der Waals surface area contributed by atoms with E-state index < -0.39 is 65.6 Å². The Morgan fingerprint density at radius 1 is 1.18 bits per heavy atom. The number of amides is 3. The van der Waals surface area contributed by atoms with Crippen molar-refractivity contribution >= 4 is 29.8 Å². The zero-order chi connectivity index (χ0) is 25.8. The predicted octanol–water partition coefficient (Wildman–Crippen LogP) is -0.376. The van der Waals surface area contributed by atoms with Gasteiger partial charge in [0.15, 0.2) is 0 Å². The number of esters is 2. The fourth-order valence-corrected chi connectivity index (χ4v) is 4.58. The molecule has 6 atom stereocenters. The first-order valence-corrected chi connectivity index (χ1v) is 11.3. The van der Waals surface area contributed by atoms with Crippen LogP contribution in [-0.2, 0) is 33.4 Å². The summed E-state index contributed by atoms with van der Waals surface area (Å²) >= 11 is 0. The van der Waals surface area contributed by atoms with Crippen LogP contribution < -0.4 is 16.0 Å². The molecule has 12 heteroatoms. The number of nitrogens with one attached hydrogen (secondary N) is 3. The molecule has 0 radical (unpaired) electrons. The molecule has 0 aromatic heterocycles. The third-order valence-corrected chi connectivity index (χ3v) is 5.95. The highest BCUT2D eigenvalue weighted by atomic mass is 16.6. The van der Waals surface area contributed by atoms with Gasteiger partial charge in [0.2, 0.25) is 11.8 Å². The number of aliphatic hydroxyl groups is 1. The smallest absolute Gasteiger partial charge is 0.408 e. The van der Waals surface area contributed by atoms with Gasteiger partial charge in [-0.1, -0.05) is 0 Å². The molecule has 2 saturated carbocycles. The maximum Gasteiger partial charge on any atom is 0.408 e. The van der Waals surface area contributed by atoms with Crippen molar-refractivity contribution in [1.29, 1.82) is 0 Å². The Morgan fingerprint density at radius 3 is 2.38 bits per heavy atom. The van der Waals surface area contributed by atoms with Crippen molar-refractivity contribution in [3.8, 4) is 0 Å². The minimum atomic E-state index is -1.52. The summed E-state index contributed by atoms with van der Waals surface area (Å²) < 4.78 is 14.9. The Kier molecular flexibility index (Phi) is 8.51. The van der Waals surface area contributed by atoms with Crippen molar-refractivity contribution in [3.05, 3.63) is 0 Å². The van der Waals surface area contributed by atoms with Gasteiger partial charge in [-0.3, -0.25) is 14.4 Å². The number of hydrogen-bond donors (Lipinski definition) is 4. The van der Waals surface area contributed by atoms with E-state index in [0.717, 1.165) is 0 Å². The topological polar surface area (TPSA) is 169 Å². The molecule has 34 heavy (non-hydrogen) atoms. The van der Waals surface area contributed by atoms with E-state index in [1.165, 1.54) is 14.0 Å². The average Bonchev–Trinajstić information content (AvgIpc) is 3.35. The van der Waals surface area contributed by atoms with Gasteiger partial charge in [-0.25, -0.2) is 9.59 Å². The van der Waals surface area contributed by atoms with Crippen LogP contribution in [0.15, 0.2) is 0 Å². The van der Waals surface area contributed by atoms with E-state index in [1.807, 2.05) is 0 Å². The highest BCUT2D eigenvalue weighted by molar-refractivity contribution is 5.94. The molecule has 2 aliphatic carbocycles. The average molecular weight is 486 g/mol. The predicted molar refractivity (Wildman–Crippen MR) is 117 cm³/mol. The van der Waals surface area contributed by atoms with Gasteiger partial charge in [0.1, 0.15) is 23.7 Å². The van der Waals surface area contributed by atoms with Gasteiger partial charge in [-0.15, -0.1) is 0 Å². The van der Waals surface area contributed by atoms with Crippen LogP contribution in [0.1, 0.15) is 47.5 Å². The summed E-state index contributed by atoms with van der Waals surface area (Å²) in [6.45, 7) is 7.72. The first-order chi connectivity index (χ1) is 15.8. The summed E-state index contributed by atoms with van der Waals surface area (Å²) in [6, 6.07) is -1.06. The van der Waals surface area contributed by atoms with Gasteiger partial charge in [-0.2, -0.15) is 0 Å². The molecule has 0 aliphatic heterocycles. The van der Waals surface area contributed by atoms with E-state index in [1.54, 1.807) is 27.7 Å². The van der Waals surface area contributed by atoms with E-state index in [0.29, 0.717) is 0 Å². The first kappa shape index (κ1) is 27.4. The second kappa shape index (κ2) is 10.6. The lowest BCUT2D eigenvalue weighted by Gasteiger charge is -2.32. The maximum absolute atomic E-state index is 12.9. The number of carbonyl (C=O) groups excluding carboxylic acids is 5. The van der Waals surface area contributed by atoms with E-state index >= 15 is 0 Å². The number of fused-ring (bicyclic) bond motifs is 1. The minimum Gasteiger partial charge on any atom is -0.469 e. The highest BCUT2D eigenvalue weighted by Gasteiger charge is 2.73. The van der Waals surface area contributed by atoms with Gasteiger partial charge in [0.05, 0.1) is 19.8 Å². The zero-order valence-electron chi connectivity index (χ0n) is 20.4. The third kappa shape index (κ3) is 6.37. The maximum atomic E-state index is 12.9. The molecule has 0 bridgehead atoms. The molecule has 2 fully saturated rings. The van der Waals surface area contributed by atoms with Gasteiger partial charge < -0.3 is 35.3 Å². The molecular weight excluding hydrogens is 450 g/mol. The zero-order valence-corrected chi connectivity index (χ0v) is 20.4. The fraction of sp³-hybridized carbons (Fsp3) is 0.773. The number of aliphatic hydroxyl groups excluding tert-OH is 1. The second-order valence-electron chi connectivity index (χ2n) is 9.64. The molecule has 0 spiro atoms. The summed E-state index contributed by atoms with van der Waals surface area (Å²) in [7, 11) is 1.25. The minimum absolute atomic E-state index is 0.00252. The largest absolute Gasteiger partial charge is 0.469 e. The fourth-order valence-electron chi connectivity index (χ4n) is 4.58. The van der Waals surface area contributed by atoms with Crippen molar-refractivity contribution in [3.63, 3.8) is 0 Å². The first-order valence-electron chi connectivity index (χ1n) is 11.3. The van der Waals surface area contributed by atoms with Crippen LogP contribution in [0, 0.1) is 17.8 Å². The molecule has 3 amide bonds. The molecule has 0 aromatic carbocycles. The summed E-state index contributed by atoms with van der Waals surface area (Å²) in [6.07, 6.45) is -1.75. The lowest BCUT2D eigenvalue weighted by Crippen LogP contribution is -2.61. The van der Waals surface area contributed by atoms with E-state index in [4.69, 9.17) is 14.2 Å². The molecule has 12 nitrogen and oxygen atoms in total. The quantitative estimate of drug-likeness (QED) is 0.251. The molecule has 2 aliphatic rings. The van der Waals surface area contributed by atoms with Gasteiger partial charge in [0.25, 0.3) is 0 Å². The van der Waals surface area contributed by atoms with Crippen molar-refractivity contribution in [2.75, 3.05) is 20.3 Å². The number of methoxy groups -OCH3 is 1. The van der Waals surface area contributed by atoms with Crippen LogP contribution in [0.25, 0.3) is 0 Å². The molecular formula is C22H35N3O9. The Morgan fingerprint density at radius 2 is 1.82 bits per heavy atom.